The molecule has 0 aromatic carbocycles. The maximum absolute atomic E-state index is 11.8. The molecule has 1 aromatic heterocycles. The van der Waals surface area contributed by atoms with Gasteiger partial charge < -0.3 is 5.11 Å². The third kappa shape index (κ3) is 4.23. The van der Waals surface area contributed by atoms with Gasteiger partial charge in [0.15, 0.2) is 0 Å². The number of sulfonamides is 1. The molecule has 0 aliphatic heterocycles. The highest BCUT2D eigenvalue weighted by atomic mass is 32.2. The van der Waals surface area contributed by atoms with Gasteiger partial charge in [-0.15, -0.1) is 0 Å². The van der Waals surface area contributed by atoms with Crippen LogP contribution in [0.3, 0.4) is 0 Å². The Bertz CT molecular complexity index is 563. The fourth-order valence-corrected chi connectivity index (χ4v) is 3.04. The Hall–Kier alpha value is -1.57. The smallest absolute Gasteiger partial charge is 0.325 e. The number of aliphatic carboxylic acids is 1. The summed E-state index contributed by atoms with van der Waals surface area (Å²) in [6.07, 6.45) is 1.37. The lowest BCUT2D eigenvalue weighted by Gasteiger charge is -2.08. The molecule has 0 saturated carbocycles. The summed E-state index contributed by atoms with van der Waals surface area (Å²) in [6, 6.07) is 0. The van der Waals surface area contributed by atoms with E-state index in [0.29, 0.717) is 23.5 Å². The van der Waals surface area contributed by atoms with E-state index in [1.54, 1.807) is 13.8 Å². The zero-order valence-electron chi connectivity index (χ0n) is 11.3. The number of rotatable bonds is 7. The number of carbonyl (C=O) groups is 1. The molecule has 0 radical (unpaired) electrons. The van der Waals surface area contributed by atoms with Crippen molar-refractivity contribution in [3.05, 3.63) is 11.4 Å². The molecule has 2 N–H and O–H groups in total. The Kier molecular flexibility index (Phi) is 4.93. The van der Waals surface area contributed by atoms with E-state index in [0.717, 1.165) is 6.42 Å². The van der Waals surface area contributed by atoms with Crippen molar-refractivity contribution in [3.8, 4) is 0 Å². The molecule has 8 heteroatoms. The number of nitrogens with one attached hydrogen (secondary N) is 1. The van der Waals surface area contributed by atoms with E-state index >= 15 is 0 Å². The summed E-state index contributed by atoms with van der Waals surface area (Å²) in [7, 11) is -3.41. The second kappa shape index (κ2) is 6.05. The molecule has 0 aliphatic carbocycles. The largest absolute Gasteiger partial charge is 0.480 e. The Morgan fingerprint density at radius 2 is 2.05 bits per heavy atom. The van der Waals surface area contributed by atoms with Crippen LogP contribution in [-0.4, -0.2) is 35.0 Å². The predicted molar refractivity (Wildman–Crippen MR) is 71.7 cm³/mol. The molecule has 1 rings (SSSR count). The molecule has 19 heavy (non-hydrogen) atoms. The summed E-state index contributed by atoms with van der Waals surface area (Å²) in [5, 5.41) is 12.8. The van der Waals surface area contributed by atoms with E-state index in [4.69, 9.17) is 5.11 Å². The van der Waals surface area contributed by atoms with Gasteiger partial charge in [0, 0.05) is 0 Å². The average Bonchev–Trinajstić information content (AvgIpc) is 2.53. The lowest BCUT2D eigenvalue weighted by atomic mass is 10.3. The minimum atomic E-state index is -3.41. The number of nitrogens with zero attached hydrogens (tertiary/aromatic N) is 2. The minimum Gasteiger partial charge on any atom is -0.480 e. The lowest BCUT2D eigenvalue weighted by Crippen LogP contribution is -2.18. The van der Waals surface area contributed by atoms with Gasteiger partial charge in [0.25, 0.3) is 0 Å². The maximum atomic E-state index is 11.8. The van der Waals surface area contributed by atoms with Gasteiger partial charge >= 0.3 is 5.97 Å². The number of anilines is 1. The number of aryl methyl sites for hydroxylation is 1. The highest BCUT2D eigenvalue weighted by Crippen LogP contribution is 2.21. The summed E-state index contributed by atoms with van der Waals surface area (Å²) >= 11 is 0. The quantitative estimate of drug-likeness (QED) is 0.783. The van der Waals surface area contributed by atoms with E-state index in [9.17, 15) is 13.2 Å². The lowest BCUT2D eigenvalue weighted by molar-refractivity contribution is -0.137. The predicted octanol–water partition coefficient (Wildman–Crippen LogP) is 1.13. The van der Waals surface area contributed by atoms with E-state index in [2.05, 4.69) is 9.82 Å². The second-order valence-electron chi connectivity index (χ2n) is 4.37. The van der Waals surface area contributed by atoms with Gasteiger partial charge in [0.2, 0.25) is 10.0 Å². The van der Waals surface area contributed by atoms with Gasteiger partial charge in [0.05, 0.1) is 22.8 Å². The first-order valence-electron chi connectivity index (χ1n) is 6.03. The fraction of sp³-hybridized carbons (Fsp3) is 0.636. The van der Waals surface area contributed by atoms with Crippen LogP contribution < -0.4 is 4.72 Å². The van der Waals surface area contributed by atoms with Gasteiger partial charge in [-0.2, -0.15) is 5.10 Å². The van der Waals surface area contributed by atoms with Crippen molar-refractivity contribution in [1.82, 2.24) is 9.78 Å². The van der Waals surface area contributed by atoms with Crippen molar-refractivity contribution in [1.29, 1.82) is 0 Å². The van der Waals surface area contributed by atoms with Gasteiger partial charge in [-0.1, -0.05) is 13.3 Å². The van der Waals surface area contributed by atoms with Crippen LogP contribution in [0.25, 0.3) is 0 Å². The Labute approximate surface area is 112 Å². The molecular formula is C11H19N3O4S. The first kappa shape index (κ1) is 15.5. The second-order valence-corrected chi connectivity index (χ2v) is 6.21. The molecule has 1 aromatic rings. The highest BCUT2D eigenvalue weighted by Gasteiger charge is 2.18. The van der Waals surface area contributed by atoms with Crippen molar-refractivity contribution >= 4 is 21.7 Å². The third-order valence-electron chi connectivity index (χ3n) is 2.69. The molecule has 0 saturated heterocycles. The standard InChI is InChI=1S/C11H19N3O4S/c1-4-5-6-19(17,18)13-11-8(2)12-14(9(11)3)7-10(15)16/h13H,4-7H2,1-3H3,(H,15,16). The highest BCUT2D eigenvalue weighted by molar-refractivity contribution is 7.92. The molecule has 0 amide bonds. The first-order chi connectivity index (χ1) is 8.76. The van der Waals surface area contributed by atoms with Crippen LogP contribution in [0.5, 0.6) is 0 Å². The molecule has 108 valence electrons. The van der Waals surface area contributed by atoms with Gasteiger partial charge in [-0.3, -0.25) is 14.2 Å². The number of hydrogen-bond acceptors (Lipinski definition) is 4. The van der Waals surface area contributed by atoms with Crippen molar-refractivity contribution < 1.29 is 18.3 Å². The molecular weight excluding hydrogens is 270 g/mol. The fourth-order valence-electron chi connectivity index (χ4n) is 1.67. The summed E-state index contributed by atoms with van der Waals surface area (Å²) in [5.41, 5.74) is 1.34. The zero-order chi connectivity index (χ0) is 14.6. The molecule has 7 nitrogen and oxygen atoms in total. The van der Waals surface area contributed by atoms with Crippen LogP contribution in [-0.2, 0) is 21.4 Å². The van der Waals surface area contributed by atoms with E-state index in [1.807, 2.05) is 6.92 Å². The zero-order valence-corrected chi connectivity index (χ0v) is 12.1. The summed E-state index contributed by atoms with van der Waals surface area (Å²) in [5.74, 6) is -0.974. The van der Waals surface area contributed by atoms with Crippen LogP contribution in [0, 0.1) is 13.8 Å². The summed E-state index contributed by atoms with van der Waals surface area (Å²) < 4.78 is 27.4. The van der Waals surface area contributed by atoms with Crippen molar-refractivity contribution in [2.24, 2.45) is 0 Å². The Morgan fingerprint density at radius 3 is 2.58 bits per heavy atom. The SMILES string of the molecule is CCCCS(=O)(=O)Nc1c(C)nn(CC(=O)O)c1C. The van der Waals surface area contributed by atoms with Crippen LogP contribution in [0.15, 0.2) is 0 Å². The summed E-state index contributed by atoms with van der Waals surface area (Å²) in [4.78, 5) is 10.7. The topological polar surface area (TPSA) is 101 Å². The van der Waals surface area contributed by atoms with E-state index < -0.39 is 16.0 Å². The number of unbranched alkanes of at least 4 members (excludes halogenated alkanes) is 1. The van der Waals surface area contributed by atoms with Crippen LogP contribution in [0.1, 0.15) is 31.2 Å². The van der Waals surface area contributed by atoms with Crippen molar-refractivity contribution in [2.75, 3.05) is 10.5 Å². The monoisotopic (exact) mass is 289 g/mol. The first-order valence-corrected chi connectivity index (χ1v) is 7.68. The number of carboxylic acid groups (broad SMARTS) is 1. The maximum Gasteiger partial charge on any atom is 0.325 e. The molecule has 0 spiro atoms. The van der Waals surface area contributed by atoms with Gasteiger partial charge in [-0.05, 0) is 20.3 Å². The molecule has 0 fully saturated rings. The third-order valence-corrected chi connectivity index (χ3v) is 4.03. The normalized spacial score (nSPS) is 11.5. The Morgan fingerprint density at radius 1 is 1.42 bits per heavy atom. The molecule has 1 heterocycles. The van der Waals surface area contributed by atoms with Gasteiger partial charge in [0.1, 0.15) is 6.54 Å². The number of aromatic nitrogens is 2. The molecule has 0 unspecified atom stereocenters. The number of carboxylic acids is 1. The minimum absolute atomic E-state index is 0.0481. The van der Waals surface area contributed by atoms with Crippen molar-refractivity contribution in [3.63, 3.8) is 0 Å². The van der Waals surface area contributed by atoms with Gasteiger partial charge in [-0.25, -0.2) is 8.42 Å². The van der Waals surface area contributed by atoms with Crippen molar-refractivity contribution in [2.45, 2.75) is 40.2 Å². The van der Waals surface area contributed by atoms with Crippen LogP contribution in [0.4, 0.5) is 5.69 Å². The summed E-state index contributed by atoms with van der Waals surface area (Å²) in [6.45, 7) is 4.91. The van der Waals surface area contributed by atoms with E-state index in [1.165, 1.54) is 4.68 Å². The molecule has 0 bridgehead atoms. The number of hydrogen-bond donors (Lipinski definition) is 2. The Balaban J connectivity index is 2.96. The van der Waals surface area contributed by atoms with Crippen LogP contribution in [0.2, 0.25) is 0 Å². The average molecular weight is 289 g/mol. The van der Waals surface area contributed by atoms with E-state index in [-0.39, 0.29) is 12.3 Å². The molecule has 0 atom stereocenters. The molecule has 0 aliphatic rings. The van der Waals surface area contributed by atoms with Crippen LogP contribution >= 0.6 is 0 Å².